The van der Waals surface area contributed by atoms with Crippen molar-refractivity contribution in [3.05, 3.63) is 45.8 Å². The number of aromatic nitrogens is 2. The first-order chi connectivity index (χ1) is 12.6. The lowest BCUT2D eigenvalue weighted by molar-refractivity contribution is -0.139. The summed E-state index contributed by atoms with van der Waals surface area (Å²) in [4.78, 5) is 23.3. The lowest BCUT2D eigenvalue weighted by Crippen LogP contribution is -2.34. The summed E-state index contributed by atoms with van der Waals surface area (Å²) in [7, 11) is 1.91. The molecular weight excluding hydrogens is 346 g/mol. The highest BCUT2D eigenvalue weighted by Crippen LogP contribution is 2.25. The lowest BCUT2D eigenvalue weighted by atomic mass is 10.0. The van der Waals surface area contributed by atoms with Crippen molar-refractivity contribution in [3.63, 3.8) is 0 Å². The summed E-state index contributed by atoms with van der Waals surface area (Å²) in [5.41, 5.74) is 5.21. The summed E-state index contributed by atoms with van der Waals surface area (Å²) in [6, 6.07) is 3.38. The largest absolute Gasteiger partial charge is 0.481 e. The van der Waals surface area contributed by atoms with Crippen molar-refractivity contribution in [3.8, 4) is 5.75 Å². The number of carboxylic acid groups (broad SMARTS) is 1. The van der Waals surface area contributed by atoms with Crippen LogP contribution < -0.4 is 10.1 Å². The van der Waals surface area contributed by atoms with E-state index >= 15 is 0 Å². The van der Waals surface area contributed by atoms with Crippen LogP contribution in [0.25, 0.3) is 0 Å². The van der Waals surface area contributed by atoms with Crippen LogP contribution in [0.2, 0.25) is 0 Å². The molecule has 0 fully saturated rings. The van der Waals surface area contributed by atoms with Gasteiger partial charge in [0, 0.05) is 24.3 Å². The zero-order valence-electron chi connectivity index (χ0n) is 16.7. The third-order valence-electron chi connectivity index (χ3n) is 4.61. The third kappa shape index (κ3) is 4.87. The molecule has 0 saturated carbocycles. The van der Waals surface area contributed by atoms with Gasteiger partial charge in [0.1, 0.15) is 5.75 Å². The number of aliphatic carboxylic acids is 1. The molecule has 0 radical (unpaired) electrons. The van der Waals surface area contributed by atoms with Gasteiger partial charge in [0.25, 0.3) is 5.91 Å². The molecule has 2 N–H and O–H groups in total. The van der Waals surface area contributed by atoms with E-state index in [-0.39, 0.29) is 11.9 Å². The van der Waals surface area contributed by atoms with E-state index in [1.54, 1.807) is 26.0 Å². The second-order valence-electron chi connectivity index (χ2n) is 6.97. The number of hydrogen-bond donors (Lipinski definition) is 2. The number of nitrogens with zero attached hydrogens (tertiary/aromatic N) is 2. The molecule has 146 valence electrons. The van der Waals surface area contributed by atoms with Crippen molar-refractivity contribution >= 4 is 11.9 Å². The monoisotopic (exact) mass is 373 g/mol. The predicted molar refractivity (Wildman–Crippen MR) is 102 cm³/mol. The fourth-order valence-electron chi connectivity index (χ4n) is 3.22. The molecule has 1 aromatic carbocycles. The summed E-state index contributed by atoms with van der Waals surface area (Å²) >= 11 is 0. The van der Waals surface area contributed by atoms with Crippen molar-refractivity contribution in [2.45, 2.75) is 47.1 Å². The van der Waals surface area contributed by atoms with E-state index in [1.165, 1.54) is 0 Å². The lowest BCUT2D eigenvalue weighted by Gasteiger charge is -2.16. The Balaban J connectivity index is 2.10. The molecule has 2 aromatic rings. The van der Waals surface area contributed by atoms with E-state index in [4.69, 9.17) is 9.84 Å². The number of amides is 1. The number of carbonyl (C=O) groups excluding carboxylic acids is 1. The summed E-state index contributed by atoms with van der Waals surface area (Å²) in [5, 5.41) is 16.2. The van der Waals surface area contributed by atoms with Crippen molar-refractivity contribution < 1.29 is 19.4 Å². The van der Waals surface area contributed by atoms with E-state index in [1.807, 2.05) is 32.5 Å². The third-order valence-corrected chi connectivity index (χ3v) is 4.61. The first-order valence-electron chi connectivity index (χ1n) is 8.86. The Morgan fingerprint density at radius 1 is 1.22 bits per heavy atom. The van der Waals surface area contributed by atoms with Gasteiger partial charge in [0.15, 0.2) is 6.61 Å². The van der Waals surface area contributed by atoms with Crippen LogP contribution in [-0.4, -0.2) is 39.4 Å². The van der Waals surface area contributed by atoms with Crippen molar-refractivity contribution in [1.82, 2.24) is 15.1 Å². The average Bonchev–Trinajstić information content (AvgIpc) is 2.79. The SMILES string of the molecule is Cc1cc(C(=O)NC(C)Cc2c(C)nn(C)c2C)cc(C)c1OCC(=O)O. The highest BCUT2D eigenvalue weighted by Gasteiger charge is 2.17. The molecule has 0 aliphatic carbocycles. The summed E-state index contributed by atoms with van der Waals surface area (Å²) < 4.78 is 7.16. The molecule has 1 atom stereocenters. The topological polar surface area (TPSA) is 93.5 Å². The van der Waals surface area contributed by atoms with E-state index < -0.39 is 12.6 Å². The summed E-state index contributed by atoms with van der Waals surface area (Å²) in [6.07, 6.45) is 0.703. The van der Waals surface area contributed by atoms with Crippen molar-refractivity contribution in [1.29, 1.82) is 0 Å². The quantitative estimate of drug-likeness (QED) is 0.778. The maximum Gasteiger partial charge on any atom is 0.341 e. The van der Waals surface area contributed by atoms with Gasteiger partial charge in [-0.25, -0.2) is 4.79 Å². The van der Waals surface area contributed by atoms with Crippen molar-refractivity contribution in [2.75, 3.05) is 6.61 Å². The number of nitrogens with one attached hydrogen (secondary N) is 1. The summed E-state index contributed by atoms with van der Waals surface area (Å²) in [5.74, 6) is -0.702. The van der Waals surface area contributed by atoms with Gasteiger partial charge >= 0.3 is 5.97 Å². The normalized spacial score (nSPS) is 11.9. The van der Waals surface area contributed by atoms with Crippen LogP contribution in [0.15, 0.2) is 12.1 Å². The Bertz CT molecular complexity index is 847. The molecule has 0 aliphatic heterocycles. The number of aryl methyl sites for hydroxylation is 4. The average molecular weight is 373 g/mol. The van der Waals surface area contributed by atoms with Crippen LogP contribution >= 0.6 is 0 Å². The number of carboxylic acids is 1. The Hall–Kier alpha value is -2.83. The van der Waals surface area contributed by atoms with Gasteiger partial charge in [-0.15, -0.1) is 0 Å². The van der Waals surface area contributed by atoms with Gasteiger partial charge in [0.2, 0.25) is 0 Å². The number of rotatable bonds is 7. The van der Waals surface area contributed by atoms with Gasteiger partial charge in [-0.1, -0.05) is 0 Å². The number of ether oxygens (including phenoxy) is 1. The molecule has 27 heavy (non-hydrogen) atoms. The Kier molecular flexibility index (Phi) is 6.25. The Morgan fingerprint density at radius 3 is 2.30 bits per heavy atom. The zero-order valence-corrected chi connectivity index (χ0v) is 16.7. The van der Waals surface area contributed by atoms with Gasteiger partial charge in [-0.3, -0.25) is 9.48 Å². The van der Waals surface area contributed by atoms with Crippen LogP contribution in [0.1, 0.15) is 45.4 Å². The molecule has 0 saturated heterocycles. The fraction of sp³-hybridized carbons (Fsp3) is 0.450. The van der Waals surface area contributed by atoms with Gasteiger partial charge in [0.05, 0.1) is 5.69 Å². The Labute approximate surface area is 159 Å². The standard InChI is InChI=1S/C20H27N3O4/c1-11-7-16(8-12(2)19(11)27-10-18(24)25)20(26)21-13(3)9-17-14(4)22-23(6)15(17)5/h7-8,13H,9-10H2,1-6H3,(H,21,26)(H,24,25). The highest BCUT2D eigenvalue weighted by molar-refractivity contribution is 5.95. The summed E-state index contributed by atoms with van der Waals surface area (Å²) in [6.45, 7) is 9.15. The molecular formula is C20H27N3O4. The van der Waals surface area contributed by atoms with Gasteiger partial charge in [-0.05, 0) is 69.9 Å². The van der Waals surface area contributed by atoms with Gasteiger partial charge in [-0.2, -0.15) is 5.10 Å². The molecule has 1 amide bonds. The smallest absolute Gasteiger partial charge is 0.341 e. The maximum atomic E-state index is 12.6. The minimum absolute atomic E-state index is 0.0531. The molecule has 0 spiro atoms. The molecule has 1 aromatic heterocycles. The van der Waals surface area contributed by atoms with Crippen LogP contribution in [0, 0.1) is 27.7 Å². The molecule has 7 heteroatoms. The number of benzene rings is 1. The van der Waals surface area contributed by atoms with Crippen molar-refractivity contribution in [2.24, 2.45) is 7.05 Å². The van der Waals surface area contributed by atoms with Crippen LogP contribution in [0.5, 0.6) is 5.75 Å². The second-order valence-corrected chi connectivity index (χ2v) is 6.97. The molecule has 0 aliphatic rings. The van der Waals surface area contributed by atoms with E-state index in [9.17, 15) is 9.59 Å². The predicted octanol–water partition coefficient (Wildman–Crippen LogP) is 2.48. The van der Waals surface area contributed by atoms with Crippen LogP contribution in [0.3, 0.4) is 0 Å². The molecule has 1 heterocycles. The number of carbonyl (C=O) groups is 2. The molecule has 2 rings (SSSR count). The first-order valence-corrected chi connectivity index (χ1v) is 8.86. The molecule has 1 unspecified atom stereocenters. The minimum Gasteiger partial charge on any atom is -0.481 e. The maximum absolute atomic E-state index is 12.6. The molecule has 0 bridgehead atoms. The molecule has 7 nitrogen and oxygen atoms in total. The van der Waals surface area contributed by atoms with E-state index in [2.05, 4.69) is 10.4 Å². The zero-order chi connectivity index (χ0) is 20.3. The highest BCUT2D eigenvalue weighted by atomic mass is 16.5. The second kappa shape index (κ2) is 8.24. The first kappa shape index (κ1) is 20.5. The van der Waals surface area contributed by atoms with E-state index in [0.29, 0.717) is 17.7 Å². The van der Waals surface area contributed by atoms with Gasteiger partial charge < -0.3 is 15.2 Å². The Morgan fingerprint density at radius 2 is 1.81 bits per heavy atom. The van der Waals surface area contributed by atoms with Crippen LogP contribution in [-0.2, 0) is 18.3 Å². The minimum atomic E-state index is -1.04. The van der Waals surface area contributed by atoms with Crippen LogP contribution in [0.4, 0.5) is 0 Å². The number of hydrogen-bond acceptors (Lipinski definition) is 4. The fourth-order valence-corrected chi connectivity index (χ4v) is 3.22. The van der Waals surface area contributed by atoms with E-state index in [0.717, 1.165) is 28.1 Å².